The summed E-state index contributed by atoms with van der Waals surface area (Å²) in [6.07, 6.45) is 1.68. The van der Waals surface area contributed by atoms with Gasteiger partial charge in [-0.15, -0.1) is 0 Å². The quantitative estimate of drug-likeness (QED) is 0.161. The highest BCUT2D eigenvalue weighted by molar-refractivity contribution is 6.42. The predicted octanol–water partition coefficient (Wildman–Crippen LogP) is 7.53. The smallest absolute Gasteiger partial charge is 0.254 e. The molecule has 1 saturated heterocycles. The van der Waals surface area contributed by atoms with Crippen molar-refractivity contribution < 1.29 is 9.59 Å². The number of halogens is 2. The van der Waals surface area contributed by atoms with Gasteiger partial charge in [-0.05, 0) is 52.9 Å². The third kappa shape index (κ3) is 3.53. The normalized spacial score (nSPS) is 22.2. The maximum Gasteiger partial charge on any atom is 0.254 e. The number of hydrogen-bond acceptors (Lipinski definition) is 3. The molecular formula is C35H25Cl2N3O2. The van der Waals surface area contributed by atoms with E-state index in [9.17, 15) is 9.59 Å². The molecule has 0 spiro atoms. The lowest BCUT2D eigenvalue weighted by Crippen LogP contribution is -2.41. The van der Waals surface area contributed by atoms with Gasteiger partial charge >= 0.3 is 0 Å². The van der Waals surface area contributed by atoms with E-state index in [0.29, 0.717) is 16.6 Å². The summed E-state index contributed by atoms with van der Waals surface area (Å²) >= 11 is 12.4. The molecular weight excluding hydrogens is 565 g/mol. The molecule has 1 aliphatic heterocycles. The standard InChI is InChI=1S/C35H25Cl2N3O2/c1-19-26(21-8-6-7-13-29(21)39(19)18-20-14-15-27(36)28(37)16-20)17-38-40-34(41)32-30-22-9-2-3-10-23(22)31(33(32)35(40)42)25-12-5-4-11-24(25)30/h2-17,30-33H,18H2,1H3. The zero-order chi connectivity index (χ0) is 28.7. The second kappa shape index (κ2) is 9.41. The summed E-state index contributed by atoms with van der Waals surface area (Å²) in [7, 11) is 0. The van der Waals surface area contributed by atoms with Crippen LogP contribution in [-0.4, -0.2) is 27.6 Å². The largest absolute Gasteiger partial charge is 0.340 e. The Bertz CT molecular complexity index is 1880. The van der Waals surface area contributed by atoms with Crippen molar-refractivity contribution in [2.24, 2.45) is 16.9 Å². The summed E-state index contributed by atoms with van der Waals surface area (Å²) in [5.74, 6) is -1.67. The van der Waals surface area contributed by atoms with Crippen LogP contribution >= 0.6 is 23.2 Å². The number of rotatable bonds is 4. The number of hydrazone groups is 1. The van der Waals surface area contributed by atoms with E-state index in [4.69, 9.17) is 23.2 Å². The van der Waals surface area contributed by atoms with Gasteiger partial charge in [0.2, 0.25) is 0 Å². The Morgan fingerprint density at radius 1 is 0.738 bits per heavy atom. The number of imide groups is 1. The van der Waals surface area contributed by atoms with Gasteiger partial charge in [0.05, 0.1) is 28.1 Å². The molecule has 42 heavy (non-hydrogen) atoms. The van der Waals surface area contributed by atoms with Crippen LogP contribution in [0.2, 0.25) is 10.0 Å². The molecule has 7 heteroatoms. The van der Waals surface area contributed by atoms with Crippen LogP contribution in [0.1, 0.15) is 50.9 Å². The number of benzene rings is 4. The molecule has 0 radical (unpaired) electrons. The molecule has 5 aromatic rings. The van der Waals surface area contributed by atoms with Crippen molar-refractivity contribution in [2.45, 2.75) is 25.3 Å². The first kappa shape index (κ1) is 25.5. The summed E-state index contributed by atoms with van der Waals surface area (Å²) < 4.78 is 2.19. The SMILES string of the molecule is Cc1c(C=NN2C(=O)C3C4c5ccccc5C(c5ccccc54)C3C2=O)c2ccccc2n1Cc1ccc(Cl)c(Cl)c1. The van der Waals surface area contributed by atoms with E-state index in [1.54, 1.807) is 12.3 Å². The third-order valence-corrected chi connectivity index (χ3v) is 10.1. The highest BCUT2D eigenvalue weighted by Crippen LogP contribution is 2.61. The van der Waals surface area contributed by atoms with Crippen LogP contribution in [0.5, 0.6) is 0 Å². The van der Waals surface area contributed by atoms with Crippen molar-refractivity contribution in [1.29, 1.82) is 0 Å². The van der Waals surface area contributed by atoms with Crippen molar-refractivity contribution in [3.05, 3.63) is 140 Å². The van der Waals surface area contributed by atoms with E-state index >= 15 is 0 Å². The second-order valence-corrected chi connectivity index (χ2v) is 12.2. The van der Waals surface area contributed by atoms with Gasteiger partial charge in [-0.25, -0.2) is 0 Å². The summed E-state index contributed by atoms with van der Waals surface area (Å²) in [5.41, 5.74) is 8.48. The Kier molecular flexibility index (Phi) is 5.72. The molecule has 9 rings (SSSR count). The second-order valence-electron chi connectivity index (χ2n) is 11.3. The number of fused-ring (bicyclic) bond motifs is 1. The Hall–Kier alpha value is -4.19. The molecule has 3 aliphatic carbocycles. The average molecular weight is 591 g/mol. The lowest BCUT2D eigenvalue weighted by atomic mass is 9.55. The van der Waals surface area contributed by atoms with Crippen LogP contribution in [0.15, 0.2) is 96.1 Å². The topological polar surface area (TPSA) is 54.7 Å². The van der Waals surface area contributed by atoms with Gasteiger partial charge in [-0.3, -0.25) is 9.59 Å². The van der Waals surface area contributed by atoms with E-state index in [-0.39, 0.29) is 23.7 Å². The van der Waals surface area contributed by atoms with Gasteiger partial charge in [-0.2, -0.15) is 10.1 Å². The van der Waals surface area contributed by atoms with Crippen molar-refractivity contribution in [1.82, 2.24) is 9.58 Å². The van der Waals surface area contributed by atoms with Gasteiger partial charge in [0.15, 0.2) is 0 Å². The van der Waals surface area contributed by atoms with Crippen LogP contribution in [0.4, 0.5) is 0 Å². The Morgan fingerprint density at radius 3 is 1.86 bits per heavy atom. The number of carbonyl (C=O) groups excluding carboxylic acids is 2. The molecule has 4 aromatic carbocycles. The number of nitrogens with zero attached hydrogens (tertiary/aromatic N) is 3. The predicted molar refractivity (Wildman–Crippen MR) is 165 cm³/mol. The molecule has 4 aliphatic rings. The van der Waals surface area contributed by atoms with Crippen molar-refractivity contribution >= 4 is 52.1 Å². The average Bonchev–Trinajstić information content (AvgIpc) is 3.42. The maximum atomic E-state index is 14.0. The first-order valence-electron chi connectivity index (χ1n) is 14.0. The monoisotopic (exact) mass is 589 g/mol. The summed E-state index contributed by atoms with van der Waals surface area (Å²) in [5, 5.41) is 7.77. The van der Waals surface area contributed by atoms with E-state index < -0.39 is 11.8 Å². The van der Waals surface area contributed by atoms with Crippen LogP contribution in [-0.2, 0) is 16.1 Å². The van der Waals surface area contributed by atoms with E-state index in [1.165, 1.54) is 0 Å². The number of para-hydroxylation sites is 1. The molecule has 2 amide bonds. The number of aromatic nitrogens is 1. The Balaban J connectivity index is 1.18. The fourth-order valence-corrected chi connectivity index (χ4v) is 7.86. The first-order chi connectivity index (χ1) is 20.4. The van der Waals surface area contributed by atoms with Crippen LogP contribution in [0.25, 0.3) is 10.9 Å². The molecule has 0 N–H and O–H groups in total. The number of hydrogen-bond donors (Lipinski definition) is 0. The lowest BCUT2D eigenvalue weighted by molar-refractivity contribution is -0.139. The van der Waals surface area contributed by atoms with E-state index in [1.807, 2.05) is 61.5 Å². The Labute approximate surface area is 253 Å². The molecule has 2 atom stereocenters. The first-order valence-corrected chi connectivity index (χ1v) is 14.8. The molecule has 206 valence electrons. The summed E-state index contributed by atoms with van der Waals surface area (Å²) in [4.78, 5) is 28.0. The Morgan fingerprint density at radius 2 is 1.29 bits per heavy atom. The molecule has 1 aromatic heterocycles. The molecule has 2 heterocycles. The van der Waals surface area contributed by atoms with Crippen molar-refractivity contribution in [2.75, 3.05) is 0 Å². The molecule has 2 unspecified atom stereocenters. The van der Waals surface area contributed by atoms with Crippen molar-refractivity contribution in [3.8, 4) is 0 Å². The summed E-state index contributed by atoms with van der Waals surface area (Å²) in [6.45, 7) is 2.61. The highest BCUT2D eigenvalue weighted by atomic mass is 35.5. The highest BCUT2D eigenvalue weighted by Gasteiger charge is 2.61. The van der Waals surface area contributed by atoms with Crippen molar-refractivity contribution in [3.63, 3.8) is 0 Å². The minimum Gasteiger partial charge on any atom is -0.340 e. The third-order valence-electron chi connectivity index (χ3n) is 9.33. The minimum absolute atomic E-state index is 0.154. The lowest BCUT2D eigenvalue weighted by Gasteiger charge is -2.45. The number of amides is 2. The fraction of sp³-hybridized carbons (Fsp3) is 0.171. The zero-order valence-electron chi connectivity index (χ0n) is 22.7. The fourth-order valence-electron chi connectivity index (χ4n) is 7.54. The van der Waals surface area contributed by atoms with Gasteiger partial charge < -0.3 is 4.57 Å². The minimum atomic E-state index is -0.457. The van der Waals surface area contributed by atoms with Crippen LogP contribution < -0.4 is 0 Å². The molecule has 5 nitrogen and oxygen atoms in total. The van der Waals surface area contributed by atoms with Gasteiger partial charge in [0.25, 0.3) is 11.8 Å². The molecule has 1 fully saturated rings. The van der Waals surface area contributed by atoms with E-state index in [2.05, 4.69) is 40.0 Å². The molecule has 0 saturated carbocycles. The van der Waals surface area contributed by atoms with Gasteiger partial charge in [0, 0.05) is 40.5 Å². The zero-order valence-corrected chi connectivity index (χ0v) is 24.2. The van der Waals surface area contributed by atoms with Crippen LogP contribution in [0.3, 0.4) is 0 Å². The molecule has 2 bridgehead atoms. The van der Waals surface area contributed by atoms with E-state index in [0.717, 1.165) is 55.0 Å². The maximum absolute atomic E-state index is 14.0. The van der Waals surface area contributed by atoms with Gasteiger partial charge in [-0.1, -0.05) is 96.0 Å². The summed E-state index contributed by atoms with van der Waals surface area (Å²) in [6, 6.07) is 30.2. The van der Waals surface area contributed by atoms with Gasteiger partial charge in [0.1, 0.15) is 0 Å². The number of carbonyl (C=O) groups is 2. The van der Waals surface area contributed by atoms with Crippen LogP contribution in [0, 0.1) is 18.8 Å².